The number of Topliss-reactive ketones (excluding diaryl/α,β-unsaturated/α-hetero) is 1. The van der Waals surface area contributed by atoms with E-state index >= 15 is 0 Å². The Morgan fingerprint density at radius 3 is 2.22 bits per heavy atom. The zero-order chi connectivity index (χ0) is 16.8. The van der Waals surface area contributed by atoms with Gasteiger partial charge in [-0.3, -0.25) is 4.79 Å². The van der Waals surface area contributed by atoms with Gasteiger partial charge in [0.2, 0.25) is 0 Å². The third-order valence-corrected chi connectivity index (χ3v) is 3.56. The predicted octanol–water partition coefficient (Wildman–Crippen LogP) is 2.87. The van der Waals surface area contributed by atoms with Gasteiger partial charge in [0.05, 0.1) is 0 Å². The molecule has 0 saturated heterocycles. The van der Waals surface area contributed by atoms with E-state index in [-0.39, 0.29) is 36.5 Å². The molecule has 0 radical (unpaired) electrons. The molecule has 2 aromatic rings. The summed E-state index contributed by atoms with van der Waals surface area (Å²) in [5.41, 5.74) is 1.99. The Hall–Kier alpha value is -3.17. The van der Waals surface area contributed by atoms with Gasteiger partial charge in [0.1, 0.15) is 0 Å². The van der Waals surface area contributed by atoms with Crippen LogP contribution in [0.4, 0.5) is 0 Å². The second kappa shape index (κ2) is 7.20. The number of aromatic hydroxyl groups is 2. The van der Waals surface area contributed by atoms with E-state index in [2.05, 4.69) is 11.8 Å². The van der Waals surface area contributed by atoms with Gasteiger partial charge >= 0.3 is 0 Å². The summed E-state index contributed by atoms with van der Waals surface area (Å²) in [4.78, 5) is 12.6. The first-order chi connectivity index (χ1) is 11.1. The van der Waals surface area contributed by atoms with Gasteiger partial charge in [0.15, 0.2) is 17.3 Å². The van der Waals surface area contributed by atoms with E-state index in [1.54, 1.807) is 0 Å². The standard InChI is InChI=1S/C20H16O3/c1-3-8-15-16(9-4-2)20(23)19(22)13-17(15)18(21)12-14-10-6-5-7-11-14/h1-2,5-7,10-11,13,22-23H,8-9,12H2. The highest BCUT2D eigenvalue weighted by Crippen LogP contribution is 2.35. The number of rotatable bonds is 5. The monoisotopic (exact) mass is 304 g/mol. The summed E-state index contributed by atoms with van der Waals surface area (Å²) in [6.07, 6.45) is 11.1. The van der Waals surface area contributed by atoms with Gasteiger partial charge < -0.3 is 10.2 Å². The fourth-order valence-electron chi connectivity index (χ4n) is 2.47. The number of ketones is 1. The van der Waals surface area contributed by atoms with Gasteiger partial charge in [-0.1, -0.05) is 30.3 Å². The number of carbonyl (C=O) groups excluding carboxylic acids is 1. The van der Waals surface area contributed by atoms with E-state index in [0.717, 1.165) is 5.56 Å². The average molecular weight is 304 g/mol. The molecule has 2 rings (SSSR count). The third-order valence-electron chi connectivity index (χ3n) is 3.56. The van der Waals surface area contributed by atoms with Gasteiger partial charge in [-0.25, -0.2) is 0 Å². The molecule has 0 aliphatic carbocycles. The first-order valence-corrected chi connectivity index (χ1v) is 7.09. The number of hydrogen-bond donors (Lipinski definition) is 2. The second-order valence-corrected chi connectivity index (χ2v) is 5.10. The number of terminal acetylenes is 2. The van der Waals surface area contributed by atoms with Crippen molar-refractivity contribution in [1.29, 1.82) is 0 Å². The molecule has 0 spiro atoms. The molecule has 23 heavy (non-hydrogen) atoms. The van der Waals surface area contributed by atoms with Crippen molar-refractivity contribution in [3.05, 3.63) is 58.7 Å². The summed E-state index contributed by atoms with van der Waals surface area (Å²) in [5, 5.41) is 19.9. The first-order valence-electron chi connectivity index (χ1n) is 7.09. The summed E-state index contributed by atoms with van der Waals surface area (Å²) in [5.74, 6) is 4.02. The lowest BCUT2D eigenvalue weighted by Crippen LogP contribution is -2.10. The first kappa shape index (κ1) is 16.2. The largest absolute Gasteiger partial charge is 0.504 e. The molecule has 0 aromatic heterocycles. The number of benzene rings is 2. The van der Waals surface area contributed by atoms with Crippen LogP contribution in [0.3, 0.4) is 0 Å². The summed E-state index contributed by atoms with van der Waals surface area (Å²) in [7, 11) is 0. The molecule has 0 unspecified atom stereocenters. The van der Waals surface area contributed by atoms with Gasteiger partial charge in [-0.05, 0) is 17.2 Å². The Kier molecular flexibility index (Phi) is 5.07. The van der Waals surface area contributed by atoms with Crippen molar-refractivity contribution < 1.29 is 15.0 Å². The molecular weight excluding hydrogens is 288 g/mol. The lowest BCUT2D eigenvalue weighted by molar-refractivity contribution is 0.0991. The van der Waals surface area contributed by atoms with Gasteiger partial charge in [-0.15, -0.1) is 24.7 Å². The SMILES string of the molecule is C#CCc1c(C(=O)Cc2ccccc2)cc(O)c(O)c1CC#C. The molecule has 2 N–H and O–H groups in total. The van der Waals surface area contributed by atoms with E-state index in [4.69, 9.17) is 12.8 Å². The van der Waals surface area contributed by atoms with Crippen LogP contribution in [0.15, 0.2) is 36.4 Å². The summed E-state index contributed by atoms with van der Waals surface area (Å²) >= 11 is 0. The maximum atomic E-state index is 12.6. The molecule has 0 saturated carbocycles. The van der Waals surface area contributed by atoms with Crippen molar-refractivity contribution >= 4 is 5.78 Å². The van der Waals surface area contributed by atoms with Crippen molar-refractivity contribution in [3.63, 3.8) is 0 Å². The second-order valence-electron chi connectivity index (χ2n) is 5.10. The van der Waals surface area contributed by atoms with Crippen LogP contribution in [0.25, 0.3) is 0 Å². The topological polar surface area (TPSA) is 57.5 Å². The van der Waals surface area contributed by atoms with Crippen molar-refractivity contribution in [1.82, 2.24) is 0 Å². The number of phenols is 2. The number of hydrogen-bond acceptors (Lipinski definition) is 3. The maximum absolute atomic E-state index is 12.6. The minimum Gasteiger partial charge on any atom is -0.504 e. The third kappa shape index (κ3) is 3.54. The van der Waals surface area contributed by atoms with Crippen molar-refractivity contribution in [2.45, 2.75) is 19.3 Å². The van der Waals surface area contributed by atoms with Crippen LogP contribution in [0.2, 0.25) is 0 Å². The maximum Gasteiger partial charge on any atom is 0.167 e. The molecule has 0 bridgehead atoms. The summed E-state index contributed by atoms with van der Waals surface area (Å²) in [6, 6.07) is 10.5. The van der Waals surface area contributed by atoms with E-state index < -0.39 is 0 Å². The molecular formula is C20H16O3. The summed E-state index contributed by atoms with van der Waals surface area (Å²) in [6.45, 7) is 0. The van der Waals surface area contributed by atoms with Crippen molar-refractivity contribution in [2.24, 2.45) is 0 Å². The van der Waals surface area contributed by atoms with E-state index in [9.17, 15) is 15.0 Å². The van der Waals surface area contributed by atoms with Crippen LogP contribution in [0, 0.1) is 24.7 Å². The van der Waals surface area contributed by atoms with Crippen LogP contribution in [-0.2, 0) is 19.3 Å². The van der Waals surface area contributed by atoms with E-state index in [0.29, 0.717) is 16.7 Å². The Morgan fingerprint density at radius 2 is 1.61 bits per heavy atom. The molecule has 2 aromatic carbocycles. The molecule has 3 heteroatoms. The fraction of sp³-hybridized carbons (Fsp3) is 0.150. The molecule has 0 heterocycles. The zero-order valence-corrected chi connectivity index (χ0v) is 12.5. The highest BCUT2D eigenvalue weighted by molar-refractivity contribution is 6.00. The molecule has 0 amide bonds. The minimum atomic E-state index is -0.368. The van der Waals surface area contributed by atoms with Crippen molar-refractivity contribution in [3.8, 4) is 36.2 Å². The molecule has 0 aliphatic heterocycles. The Morgan fingerprint density at radius 1 is 1.00 bits per heavy atom. The van der Waals surface area contributed by atoms with Gasteiger partial charge in [-0.2, -0.15) is 0 Å². The van der Waals surface area contributed by atoms with Crippen LogP contribution >= 0.6 is 0 Å². The minimum absolute atomic E-state index is 0.0862. The normalized spacial score (nSPS) is 9.83. The number of phenolic OH excluding ortho intramolecular Hbond substituents is 2. The summed E-state index contributed by atoms with van der Waals surface area (Å²) < 4.78 is 0. The molecule has 3 nitrogen and oxygen atoms in total. The zero-order valence-electron chi connectivity index (χ0n) is 12.5. The van der Waals surface area contributed by atoms with Crippen LogP contribution in [0.1, 0.15) is 27.0 Å². The average Bonchev–Trinajstić information content (AvgIpc) is 2.55. The fourth-order valence-corrected chi connectivity index (χ4v) is 2.47. The molecule has 0 aliphatic rings. The Balaban J connectivity index is 2.50. The number of carbonyl (C=O) groups is 1. The van der Waals surface area contributed by atoms with Crippen molar-refractivity contribution in [2.75, 3.05) is 0 Å². The smallest absolute Gasteiger partial charge is 0.167 e. The molecule has 0 atom stereocenters. The van der Waals surface area contributed by atoms with Gasteiger partial charge in [0.25, 0.3) is 0 Å². The van der Waals surface area contributed by atoms with Gasteiger partial charge in [0, 0.05) is 30.4 Å². The molecule has 0 fully saturated rings. The van der Waals surface area contributed by atoms with E-state index in [1.807, 2.05) is 30.3 Å². The Labute approximate surface area is 135 Å². The lowest BCUT2D eigenvalue weighted by atomic mass is 9.90. The highest BCUT2D eigenvalue weighted by atomic mass is 16.3. The molecule has 114 valence electrons. The predicted molar refractivity (Wildman–Crippen MR) is 89.3 cm³/mol. The van der Waals surface area contributed by atoms with E-state index in [1.165, 1.54) is 6.07 Å². The van der Waals surface area contributed by atoms with Crippen LogP contribution in [-0.4, -0.2) is 16.0 Å². The lowest BCUT2D eigenvalue weighted by Gasteiger charge is -2.14. The van der Waals surface area contributed by atoms with Crippen LogP contribution < -0.4 is 0 Å². The quantitative estimate of drug-likeness (QED) is 0.507. The van der Waals surface area contributed by atoms with Crippen LogP contribution in [0.5, 0.6) is 11.5 Å². The highest BCUT2D eigenvalue weighted by Gasteiger charge is 2.20. The Bertz CT molecular complexity index is 806.